The zero-order valence-electron chi connectivity index (χ0n) is 6.26. The molecule has 0 aliphatic carbocycles. The van der Waals surface area contributed by atoms with E-state index in [0.29, 0.717) is 0 Å². The van der Waals surface area contributed by atoms with Crippen LogP contribution in [-0.4, -0.2) is 4.92 Å². The third kappa shape index (κ3) is 2.00. The number of halogens is 3. The Bertz CT molecular complexity index is 357. The second-order valence-electron chi connectivity index (χ2n) is 2.29. The van der Waals surface area contributed by atoms with Crippen LogP contribution >= 0.6 is 15.9 Å². The van der Waals surface area contributed by atoms with Gasteiger partial charge in [-0.25, -0.2) is 4.39 Å². The Kier molecular flexibility index (Phi) is 2.92. The maximum atomic E-state index is 12.8. The third-order valence-electron chi connectivity index (χ3n) is 1.46. The van der Waals surface area contributed by atoms with Gasteiger partial charge in [0.2, 0.25) is 5.82 Å². The van der Waals surface area contributed by atoms with E-state index >= 15 is 0 Å². The lowest BCUT2D eigenvalue weighted by atomic mass is 10.2. The second-order valence-corrected chi connectivity index (χ2v) is 3.14. The van der Waals surface area contributed by atoms with E-state index in [1.54, 1.807) is 0 Å². The standard InChI is InChI=1S/C7H4BrF2NO2/c8-5-2-6(10)7(11(12)13)1-4(5)3-9/h1-2H,3H2. The van der Waals surface area contributed by atoms with Crippen molar-refractivity contribution < 1.29 is 13.7 Å². The molecule has 0 aromatic heterocycles. The first-order chi connectivity index (χ1) is 6.06. The molecule has 0 saturated heterocycles. The zero-order chi connectivity index (χ0) is 10.0. The summed E-state index contributed by atoms with van der Waals surface area (Å²) in [5.74, 6) is -0.978. The quantitative estimate of drug-likeness (QED) is 0.599. The number of rotatable bonds is 2. The van der Waals surface area contributed by atoms with Gasteiger partial charge in [0, 0.05) is 16.1 Å². The molecule has 13 heavy (non-hydrogen) atoms. The van der Waals surface area contributed by atoms with Gasteiger partial charge in [-0.2, -0.15) is 4.39 Å². The van der Waals surface area contributed by atoms with Crippen LogP contribution in [0.3, 0.4) is 0 Å². The summed E-state index contributed by atoms with van der Waals surface area (Å²) in [5, 5.41) is 10.2. The Morgan fingerprint density at radius 3 is 2.62 bits per heavy atom. The molecule has 0 radical (unpaired) electrons. The van der Waals surface area contributed by atoms with Crippen LogP contribution in [0.1, 0.15) is 5.56 Å². The highest BCUT2D eigenvalue weighted by molar-refractivity contribution is 9.10. The fraction of sp³-hybridized carbons (Fsp3) is 0.143. The van der Waals surface area contributed by atoms with Crippen molar-refractivity contribution >= 4 is 21.6 Å². The van der Waals surface area contributed by atoms with Crippen LogP contribution in [0.25, 0.3) is 0 Å². The predicted octanol–water partition coefficient (Wildman–Crippen LogP) is 2.97. The maximum absolute atomic E-state index is 12.8. The van der Waals surface area contributed by atoms with Crippen molar-refractivity contribution in [1.29, 1.82) is 0 Å². The fourth-order valence-corrected chi connectivity index (χ4v) is 1.24. The van der Waals surface area contributed by atoms with Crippen LogP contribution in [-0.2, 0) is 6.67 Å². The van der Waals surface area contributed by atoms with Gasteiger partial charge in [-0.3, -0.25) is 10.1 Å². The highest BCUT2D eigenvalue weighted by Gasteiger charge is 2.16. The van der Waals surface area contributed by atoms with Gasteiger partial charge in [-0.15, -0.1) is 0 Å². The smallest absolute Gasteiger partial charge is 0.258 e. The molecular formula is C7H4BrF2NO2. The summed E-state index contributed by atoms with van der Waals surface area (Å²) in [7, 11) is 0. The number of nitro benzene ring substituents is 1. The van der Waals surface area contributed by atoms with Crippen LogP contribution in [0.15, 0.2) is 16.6 Å². The SMILES string of the molecule is O=[N+]([O-])c1cc(CF)c(Br)cc1F. The van der Waals surface area contributed by atoms with Gasteiger partial charge in [0.1, 0.15) is 6.67 Å². The van der Waals surface area contributed by atoms with E-state index in [0.717, 1.165) is 12.1 Å². The average molecular weight is 252 g/mol. The molecule has 1 aromatic rings. The zero-order valence-corrected chi connectivity index (χ0v) is 7.85. The minimum absolute atomic E-state index is 0.0631. The molecule has 6 heteroatoms. The van der Waals surface area contributed by atoms with Crippen molar-refractivity contribution in [3.05, 3.63) is 38.1 Å². The summed E-state index contributed by atoms with van der Waals surface area (Å²) in [4.78, 5) is 9.34. The first kappa shape index (κ1) is 10.0. The molecule has 0 heterocycles. The lowest BCUT2D eigenvalue weighted by Gasteiger charge is -1.99. The number of benzene rings is 1. The molecule has 0 saturated carbocycles. The van der Waals surface area contributed by atoms with Gasteiger partial charge in [-0.05, 0) is 6.07 Å². The van der Waals surface area contributed by atoms with Crippen molar-refractivity contribution in [2.45, 2.75) is 6.67 Å². The minimum atomic E-state index is -0.978. The van der Waals surface area contributed by atoms with E-state index in [1.807, 2.05) is 0 Å². The second kappa shape index (κ2) is 3.78. The third-order valence-corrected chi connectivity index (χ3v) is 2.19. The van der Waals surface area contributed by atoms with Gasteiger partial charge in [0.05, 0.1) is 4.92 Å². The van der Waals surface area contributed by atoms with Crippen LogP contribution in [0.4, 0.5) is 14.5 Å². The Balaban J connectivity index is 3.30. The van der Waals surface area contributed by atoms with Crippen molar-refractivity contribution in [2.24, 2.45) is 0 Å². The lowest BCUT2D eigenvalue weighted by molar-refractivity contribution is -0.387. The first-order valence-corrected chi connectivity index (χ1v) is 4.04. The lowest BCUT2D eigenvalue weighted by Crippen LogP contribution is -1.94. The van der Waals surface area contributed by atoms with Gasteiger partial charge < -0.3 is 0 Å². The Labute approximate surface area is 80.6 Å². The summed E-state index contributed by atoms with van der Waals surface area (Å²) in [5.41, 5.74) is -0.649. The van der Waals surface area contributed by atoms with E-state index in [9.17, 15) is 18.9 Å². The molecule has 3 nitrogen and oxygen atoms in total. The number of hydrogen-bond acceptors (Lipinski definition) is 2. The minimum Gasteiger partial charge on any atom is -0.258 e. The normalized spacial score (nSPS) is 10.1. The molecule has 0 amide bonds. The van der Waals surface area contributed by atoms with Crippen molar-refractivity contribution in [2.75, 3.05) is 0 Å². The Morgan fingerprint density at radius 2 is 2.15 bits per heavy atom. The molecule has 0 spiro atoms. The first-order valence-electron chi connectivity index (χ1n) is 3.24. The summed E-state index contributed by atoms with van der Waals surface area (Å²) < 4.78 is 25.2. The molecule has 0 aliphatic heterocycles. The highest BCUT2D eigenvalue weighted by atomic mass is 79.9. The van der Waals surface area contributed by atoms with E-state index < -0.39 is 23.1 Å². The van der Waals surface area contributed by atoms with E-state index in [-0.39, 0.29) is 10.0 Å². The number of nitrogens with zero attached hydrogens (tertiary/aromatic N) is 1. The number of hydrogen-bond donors (Lipinski definition) is 0. The van der Waals surface area contributed by atoms with Gasteiger partial charge >= 0.3 is 5.69 Å². The summed E-state index contributed by atoms with van der Waals surface area (Å²) in [6.45, 7) is -0.873. The van der Waals surface area contributed by atoms with Crippen LogP contribution in [0.5, 0.6) is 0 Å². The predicted molar refractivity (Wildman–Crippen MR) is 45.6 cm³/mol. The Hall–Kier alpha value is -1.04. The molecule has 0 unspecified atom stereocenters. The summed E-state index contributed by atoms with van der Waals surface area (Å²) in [6.07, 6.45) is 0. The molecular weight excluding hydrogens is 248 g/mol. The molecule has 0 N–H and O–H groups in total. The van der Waals surface area contributed by atoms with Crippen LogP contribution < -0.4 is 0 Å². The summed E-state index contributed by atoms with van der Waals surface area (Å²) in [6, 6.07) is 1.76. The van der Waals surface area contributed by atoms with Crippen LogP contribution in [0.2, 0.25) is 0 Å². The molecule has 70 valence electrons. The number of nitro groups is 1. The van der Waals surface area contributed by atoms with E-state index in [1.165, 1.54) is 0 Å². The molecule has 0 aliphatic rings. The van der Waals surface area contributed by atoms with Crippen molar-refractivity contribution in [1.82, 2.24) is 0 Å². The fourth-order valence-electron chi connectivity index (χ4n) is 0.823. The molecule has 0 atom stereocenters. The number of alkyl halides is 1. The van der Waals surface area contributed by atoms with E-state index in [4.69, 9.17) is 0 Å². The topological polar surface area (TPSA) is 43.1 Å². The average Bonchev–Trinajstić information content (AvgIpc) is 2.03. The summed E-state index contributed by atoms with van der Waals surface area (Å²) >= 11 is 2.89. The largest absolute Gasteiger partial charge is 0.305 e. The van der Waals surface area contributed by atoms with Crippen molar-refractivity contribution in [3.8, 4) is 0 Å². The molecule has 1 aromatic carbocycles. The highest BCUT2D eigenvalue weighted by Crippen LogP contribution is 2.26. The van der Waals surface area contributed by atoms with Gasteiger partial charge in [0.25, 0.3) is 0 Å². The van der Waals surface area contributed by atoms with Crippen molar-refractivity contribution in [3.63, 3.8) is 0 Å². The van der Waals surface area contributed by atoms with E-state index in [2.05, 4.69) is 15.9 Å². The van der Waals surface area contributed by atoms with Gasteiger partial charge in [0.15, 0.2) is 0 Å². The monoisotopic (exact) mass is 251 g/mol. The molecule has 1 rings (SSSR count). The van der Waals surface area contributed by atoms with Crippen LogP contribution in [0, 0.1) is 15.9 Å². The maximum Gasteiger partial charge on any atom is 0.305 e. The Morgan fingerprint density at radius 1 is 1.54 bits per heavy atom. The molecule has 0 fully saturated rings. The van der Waals surface area contributed by atoms with Gasteiger partial charge in [-0.1, -0.05) is 15.9 Å². The molecule has 0 bridgehead atoms.